The molecule has 1 aliphatic carbocycles. The van der Waals surface area contributed by atoms with Crippen molar-refractivity contribution < 1.29 is 4.79 Å². The number of amides is 1. The van der Waals surface area contributed by atoms with Crippen LogP contribution in [0.2, 0.25) is 5.02 Å². The van der Waals surface area contributed by atoms with Gasteiger partial charge in [-0.15, -0.1) is 6.42 Å². The molecule has 0 bridgehead atoms. The third-order valence-electron chi connectivity index (χ3n) is 6.02. The fourth-order valence-corrected chi connectivity index (χ4v) is 4.51. The normalized spacial score (nSPS) is 18.5. The number of terminal acetylenes is 1. The summed E-state index contributed by atoms with van der Waals surface area (Å²) < 4.78 is 0. The molecule has 2 aromatic rings. The molecule has 0 saturated heterocycles. The highest BCUT2D eigenvalue weighted by atomic mass is 35.5. The first-order valence-corrected chi connectivity index (χ1v) is 11.2. The Labute approximate surface area is 185 Å². The Morgan fingerprint density at radius 2 is 1.87 bits per heavy atom. The van der Waals surface area contributed by atoms with Gasteiger partial charge in [0.1, 0.15) is 0 Å². The summed E-state index contributed by atoms with van der Waals surface area (Å²) in [6.07, 6.45) is 11.8. The van der Waals surface area contributed by atoms with Crippen LogP contribution in [0.5, 0.6) is 0 Å². The summed E-state index contributed by atoms with van der Waals surface area (Å²) in [5, 5.41) is 3.88. The van der Waals surface area contributed by atoms with Crippen molar-refractivity contribution in [1.29, 1.82) is 0 Å². The van der Waals surface area contributed by atoms with E-state index in [4.69, 9.17) is 18.0 Å². The van der Waals surface area contributed by atoms with Crippen LogP contribution in [0, 0.1) is 18.3 Å². The maximum absolute atomic E-state index is 12.6. The molecule has 1 saturated carbocycles. The fraction of sp³-hybridized carbons (Fsp3) is 0.423. The van der Waals surface area contributed by atoms with Crippen LogP contribution in [-0.2, 0) is 6.42 Å². The highest BCUT2D eigenvalue weighted by Crippen LogP contribution is 2.29. The van der Waals surface area contributed by atoms with E-state index in [-0.39, 0.29) is 11.9 Å². The second kappa shape index (κ2) is 10.5. The molecule has 4 heteroatoms. The van der Waals surface area contributed by atoms with Gasteiger partial charge in [-0.2, -0.15) is 0 Å². The van der Waals surface area contributed by atoms with Gasteiger partial charge in [0.05, 0.1) is 5.02 Å². The van der Waals surface area contributed by atoms with Gasteiger partial charge in [-0.3, -0.25) is 4.79 Å². The quantitative estimate of drug-likeness (QED) is 0.580. The lowest BCUT2D eigenvalue weighted by Gasteiger charge is -2.29. The van der Waals surface area contributed by atoms with E-state index in [1.165, 1.54) is 5.56 Å². The number of halogens is 1. The lowest BCUT2D eigenvalue weighted by atomic mass is 9.82. The van der Waals surface area contributed by atoms with E-state index in [0.717, 1.165) is 61.9 Å². The predicted molar refractivity (Wildman–Crippen MR) is 126 cm³/mol. The zero-order chi connectivity index (χ0) is 21.5. The summed E-state index contributed by atoms with van der Waals surface area (Å²) >= 11 is 6.24. The van der Waals surface area contributed by atoms with Gasteiger partial charge in [0.25, 0.3) is 5.91 Å². The fourth-order valence-electron chi connectivity index (χ4n) is 4.25. The van der Waals surface area contributed by atoms with E-state index in [2.05, 4.69) is 36.2 Å². The van der Waals surface area contributed by atoms with Gasteiger partial charge in [-0.05, 0) is 86.4 Å². The molecule has 1 N–H and O–H groups in total. The number of hydrogen-bond acceptors (Lipinski definition) is 2. The summed E-state index contributed by atoms with van der Waals surface area (Å²) in [6, 6.07) is 14.1. The molecule has 1 fully saturated rings. The smallest absolute Gasteiger partial charge is 0.251 e. The van der Waals surface area contributed by atoms with Crippen molar-refractivity contribution in [3.05, 3.63) is 64.2 Å². The highest BCUT2D eigenvalue weighted by molar-refractivity contribution is 6.31. The maximum atomic E-state index is 12.6. The Kier molecular flexibility index (Phi) is 7.82. The zero-order valence-electron chi connectivity index (χ0n) is 18.0. The second-order valence-corrected chi connectivity index (χ2v) is 8.73. The van der Waals surface area contributed by atoms with E-state index in [0.29, 0.717) is 10.9 Å². The maximum Gasteiger partial charge on any atom is 0.251 e. The average Bonchev–Trinajstić information content (AvgIpc) is 2.75. The molecule has 3 rings (SSSR count). The monoisotopic (exact) mass is 422 g/mol. The molecular formula is C26H31ClN2O. The third-order valence-corrected chi connectivity index (χ3v) is 6.34. The van der Waals surface area contributed by atoms with E-state index >= 15 is 0 Å². The molecule has 0 atom stereocenters. The molecule has 3 nitrogen and oxygen atoms in total. The third kappa shape index (κ3) is 5.80. The molecule has 0 radical (unpaired) electrons. The van der Waals surface area contributed by atoms with Gasteiger partial charge >= 0.3 is 0 Å². The number of nitrogens with zero attached hydrogens (tertiary/aromatic N) is 1. The zero-order valence-corrected chi connectivity index (χ0v) is 18.7. The standard InChI is InChI=1S/C26H31ClN2O/c1-4-16-29(3)24-14-10-22(11-15-24)26(30)28-23-12-7-19(8-13-23)17-20-6-9-21(5-2)25(27)18-20/h2,6,9-11,14-15,18-19,23H,4,7-8,12-13,16-17H2,1,3H3,(H,28,30). The molecule has 0 aliphatic heterocycles. The number of anilines is 1. The Morgan fingerprint density at radius 3 is 2.47 bits per heavy atom. The first-order chi connectivity index (χ1) is 14.5. The first kappa shape index (κ1) is 22.2. The van der Waals surface area contributed by atoms with Crippen LogP contribution in [0.4, 0.5) is 5.69 Å². The number of hydrogen-bond donors (Lipinski definition) is 1. The van der Waals surface area contributed by atoms with E-state index < -0.39 is 0 Å². The Morgan fingerprint density at radius 1 is 1.17 bits per heavy atom. The van der Waals surface area contributed by atoms with Gasteiger partial charge < -0.3 is 10.2 Å². The van der Waals surface area contributed by atoms with E-state index in [1.54, 1.807) is 0 Å². The second-order valence-electron chi connectivity index (χ2n) is 8.32. The van der Waals surface area contributed by atoms with Crippen molar-refractivity contribution >= 4 is 23.2 Å². The minimum absolute atomic E-state index is 0.0276. The molecule has 158 valence electrons. The Balaban J connectivity index is 1.48. The van der Waals surface area contributed by atoms with Crippen molar-refractivity contribution in [2.75, 3.05) is 18.5 Å². The van der Waals surface area contributed by atoms with Crippen LogP contribution in [0.1, 0.15) is 60.5 Å². The van der Waals surface area contributed by atoms with Crippen molar-refractivity contribution in [2.24, 2.45) is 5.92 Å². The Hall–Kier alpha value is -2.44. The van der Waals surface area contributed by atoms with Crippen molar-refractivity contribution in [2.45, 2.75) is 51.5 Å². The molecule has 30 heavy (non-hydrogen) atoms. The molecule has 0 spiro atoms. The molecule has 1 amide bonds. The summed E-state index contributed by atoms with van der Waals surface area (Å²) in [5.74, 6) is 3.26. The van der Waals surface area contributed by atoms with Crippen molar-refractivity contribution in [1.82, 2.24) is 5.32 Å². The van der Waals surface area contributed by atoms with Crippen LogP contribution in [0.25, 0.3) is 0 Å². The molecule has 1 aliphatic rings. The van der Waals surface area contributed by atoms with Crippen LogP contribution in [0.15, 0.2) is 42.5 Å². The summed E-state index contributed by atoms with van der Waals surface area (Å²) in [5.41, 5.74) is 3.86. The molecule has 0 unspecified atom stereocenters. The first-order valence-electron chi connectivity index (χ1n) is 10.9. The lowest BCUT2D eigenvalue weighted by molar-refractivity contribution is 0.0922. The summed E-state index contributed by atoms with van der Waals surface area (Å²) in [6.45, 7) is 3.17. The average molecular weight is 423 g/mol. The molecule has 0 heterocycles. The van der Waals surface area contributed by atoms with E-state index in [9.17, 15) is 4.79 Å². The van der Waals surface area contributed by atoms with Crippen LogP contribution >= 0.6 is 11.6 Å². The minimum atomic E-state index is 0.0276. The summed E-state index contributed by atoms with van der Waals surface area (Å²) in [7, 11) is 2.08. The molecule has 0 aromatic heterocycles. The molecular weight excluding hydrogens is 392 g/mol. The van der Waals surface area contributed by atoms with Crippen molar-refractivity contribution in [3.8, 4) is 12.3 Å². The van der Waals surface area contributed by atoms with Crippen LogP contribution < -0.4 is 10.2 Å². The van der Waals surface area contributed by atoms with Crippen LogP contribution in [-0.4, -0.2) is 25.5 Å². The minimum Gasteiger partial charge on any atom is -0.375 e. The van der Waals surface area contributed by atoms with Gasteiger partial charge in [-0.25, -0.2) is 0 Å². The SMILES string of the molecule is C#Cc1ccc(CC2CCC(NC(=O)c3ccc(N(C)CCC)cc3)CC2)cc1Cl. The number of benzene rings is 2. The van der Waals surface area contributed by atoms with Gasteiger partial charge in [-0.1, -0.05) is 30.5 Å². The van der Waals surface area contributed by atoms with Crippen LogP contribution in [0.3, 0.4) is 0 Å². The van der Waals surface area contributed by atoms with Gasteiger partial charge in [0, 0.05) is 36.4 Å². The number of nitrogens with one attached hydrogen (secondary N) is 1. The number of rotatable bonds is 7. The highest BCUT2D eigenvalue weighted by Gasteiger charge is 2.23. The number of carbonyl (C=O) groups excluding carboxylic acids is 1. The number of carbonyl (C=O) groups is 1. The predicted octanol–water partition coefficient (Wildman–Crippen LogP) is 5.70. The van der Waals surface area contributed by atoms with Gasteiger partial charge in [0.2, 0.25) is 0 Å². The molecule has 2 aromatic carbocycles. The topological polar surface area (TPSA) is 32.3 Å². The van der Waals surface area contributed by atoms with Gasteiger partial charge in [0.15, 0.2) is 0 Å². The summed E-state index contributed by atoms with van der Waals surface area (Å²) in [4.78, 5) is 14.8. The Bertz CT molecular complexity index is 892. The van der Waals surface area contributed by atoms with E-state index in [1.807, 2.05) is 36.4 Å². The largest absolute Gasteiger partial charge is 0.375 e. The van der Waals surface area contributed by atoms with Crippen molar-refractivity contribution in [3.63, 3.8) is 0 Å². The lowest BCUT2D eigenvalue weighted by Crippen LogP contribution is -2.37.